The minimum atomic E-state index is -0.969. The molecule has 1 saturated heterocycles. The molecule has 2 fully saturated rings. The number of anilines is 1. The number of benzene rings is 1. The van der Waals surface area contributed by atoms with Gasteiger partial charge in [-0.1, -0.05) is 66.2 Å². The SMILES string of the molecule is CC.CC1C(C2CCCCC2)CCN1C.CCC(C=O)CCCC(N)CF.CCc1c(C(=O)O)[nH]c2ccc(NC=O)cc12. The van der Waals surface area contributed by atoms with Crippen LogP contribution in [0.2, 0.25) is 0 Å². The number of aldehydes is 1. The Morgan fingerprint density at radius 1 is 1.16 bits per heavy atom. The van der Waals surface area contributed by atoms with Crippen molar-refractivity contribution in [2.75, 3.05) is 25.6 Å². The first kappa shape index (κ1) is 39.2. The standard InChI is InChI=1S/C12H12N2O3.C12H23N.C9H18FNO.C2H6/c1-2-8-9-5-7(13-6-15)3-4-10(9)14-11(8)12(16)17;1-10-12(8-9-13(10)2)11-6-4-3-5-7-11;1-2-8(7-12)4-3-5-9(11)6-10;1-2/h3-6,14H,2H2,1H3,(H,13,15)(H,16,17);10-12H,3-9H2,1-2H3;7-9H,2-6,11H2,1H3;1-2H3. The molecule has 0 bridgehead atoms. The number of carboxylic acids is 1. The summed E-state index contributed by atoms with van der Waals surface area (Å²) in [7, 11) is 2.29. The van der Waals surface area contributed by atoms with E-state index in [0.29, 0.717) is 24.9 Å². The van der Waals surface area contributed by atoms with E-state index in [2.05, 4.69) is 29.2 Å². The van der Waals surface area contributed by atoms with Crippen molar-refractivity contribution in [2.24, 2.45) is 23.5 Å². The van der Waals surface area contributed by atoms with Crippen molar-refractivity contribution in [1.29, 1.82) is 0 Å². The van der Waals surface area contributed by atoms with Gasteiger partial charge < -0.3 is 30.8 Å². The molecule has 0 spiro atoms. The predicted octanol–water partition coefficient (Wildman–Crippen LogP) is 7.61. The predicted molar refractivity (Wildman–Crippen MR) is 180 cm³/mol. The van der Waals surface area contributed by atoms with E-state index in [1.807, 2.05) is 27.7 Å². The molecule has 9 heteroatoms. The Hall–Kier alpha value is -2.78. The van der Waals surface area contributed by atoms with E-state index >= 15 is 0 Å². The number of amides is 1. The van der Waals surface area contributed by atoms with E-state index in [0.717, 1.165) is 59.9 Å². The maximum atomic E-state index is 11.9. The smallest absolute Gasteiger partial charge is 0.352 e. The van der Waals surface area contributed by atoms with E-state index in [1.165, 1.54) is 45.1 Å². The number of fused-ring (bicyclic) bond motifs is 1. The molecule has 8 nitrogen and oxygen atoms in total. The Morgan fingerprint density at radius 3 is 2.34 bits per heavy atom. The summed E-state index contributed by atoms with van der Waals surface area (Å²) in [5.41, 5.74) is 7.76. The zero-order valence-electron chi connectivity index (χ0n) is 28.0. The van der Waals surface area contributed by atoms with Crippen molar-refractivity contribution < 1.29 is 23.9 Å². The number of likely N-dealkylation sites (tertiary alicyclic amines) is 1. The van der Waals surface area contributed by atoms with Crippen LogP contribution in [0.1, 0.15) is 115 Å². The molecule has 250 valence electrons. The van der Waals surface area contributed by atoms with Crippen molar-refractivity contribution in [2.45, 2.75) is 117 Å². The highest BCUT2D eigenvalue weighted by molar-refractivity contribution is 5.98. The molecule has 4 unspecified atom stereocenters. The molecule has 5 N–H and O–H groups in total. The lowest BCUT2D eigenvalue weighted by Crippen LogP contribution is -2.30. The van der Waals surface area contributed by atoms with Crippen LogP contribution in [0.15, 0.2) is 18.2 Å². The molecule has 1 aliphatic carbocycles. The third-order valence-corrected chi connectivity index (χ3v) is 9.15. The van der Waals surface area contributed by atoms with E-state index in [-0.39, 0.29) is 17.7 Å². The Morgan fingerprint density at radius 2 is 1.84 bits per heavy atom. The Kier molecular flexibility index (Phi) is 19.5. The number of carbonyl (C=O) groups is 3. The number of carboxylic acid groups (broad SMARTS) is 1. The molecule has 2 aromatic rings. The quantitative estimate of drug-likeness (QED) is 0.181. The van der Waals surface area contributed by atoms with Gasteiger partial charge >= 0.3 is 5.97 Å². The summed E-state index contributed by atoms with van der Waals surface area (Å²) in [6.45, 7) is 11.2. The molecular weight excluding hydrogens is 559 g/mol. The van der Waals surface area contributed by atoms with E-state index in [1.54, 1.807) is 18.2 Å². The highest BCUT2D eigenvalue weighted by atomic mass is 19.1. The van der Waals surface area contributed by atoms with Gasteiger partial charge in [-0.3, -0.25) is 4.79 Å². The number of carbonyl (C=O) groups excluding carboxylic acids is 2. The van der Waals surface area contributed by atoms with Crippen LogP contribution in [-0.4, -0.2) is 66.0 Å². The van der Waals surface area contributed by atoms with Crippen molar-refractivity contribution in [3.63, 3.8) is 0 Å². The van der Waals surface area contributed by atoms with Crippen LogP contribution in [0.4, 0.5) is 10.1 Å². The number of H-pyrrole nitrogens is 1. The van der Waals surface area contributed by atoms with Crippen LogP contribution >= 0.6 is 0 Å². The average molecular weight is 619 g/mol. The zero-order chi connectivity index (χ0) is 33.1. The lowest BCUT2D eigenvalue weighted by Gasteiger charge is -2.31. The third-order valence-electron chi connectivity index (χ3n) is 9.15. The van der Waals surface area contributed by atoms with Crippen molar-refractivity contribution >= 4 is 35.3 Å². The number of rotatable bonds is 12. The van der Waals surface area contributed by atoms with Crippen LogP contribution in [0.3, 0.4) is 0 Å². The van der Waals surface area contributed by atoms with Gasteiger partial charge in [-0.15, -0.1) is 0 Å². The van der Waals surface area contributed by atoms with Gasteiger partial charge in [0.15, 0.2) is 0 Å². The number of aromatic amines is 1. The number of hydrogen-bond donors (Lipinski definition) is 4. The first-order chi connectivity index (χ1) is 21.2. The first-order valence-corrected chi connectivity index (χ1v) is 16.8. The zero-order valence-corrected chi connectivity index (χ0v) is 28.0. The number of aryl methyl sites for hydroxylation is 1. The normalized spacial score (nSPS) is 19.7. The lowest BCUT2D eigenvalue weighted by atomic mass is 9.77. The van der Waals surface area contributed by atoms with Crippen molar-refractivity contribution in [3.8, 4) is 0 Å². The fourth-order valence-electron chi connectivity index (χ4n) is 6.36. The van der Waals surface area contributed by atoms with Gasteiger partial charge in [0.1, 0.15) is 18.7 Å². The second-order valence-electron chi connectivity index (χ2n) is 11.9. The van der Waals surface area contributed by atoms with Crippen LogP contribution in [0, 0.1) is 17.8 Å². The molecule has 2 heterocycles. The number of alkyl halides is 1. The molecule has 44 heavy (non-hydrogen) atoms. The fraction of sp³-hybridized carbons (Fsp3) is 0.686. The number of hydrogen-bond acceptors (Lipinski definition) is 5. The molecule has 1 aromatic heterocycles. The van der Waals surface area contributed by atoms with Crippen molar-refractivity contribution in [1.82, 2.24) is 9.88 Å². The van der Waals surface area contributed by atoms with Gasteiger partial charge in [0.05, 0.1) is 0 Å². The monoisotopic (exact) mass is 618 g/mol. The van der Waals surface area contributed by atoms with Gasteiger partial charge in [0.2, 0.25) is 6.41 Å². The number of halogens is 1. The second kappa shape index (κ2) is 21.8. The topological polar surface area (TPSA) is 129 Å². The lowest BCUT2D eigenvalue weighted by molar-refractivity contribution is -0.111. The second-order valence-corrected chi connectivity index (χ2v) is 11.9. The molecule has 1 aliphatic heterocycles. The highest BCUT2D eigenvalue weighted by Gasteiger charge is 2.34. The molecule has 0 radical (unpaired) electrons. The van der Waals surface area contributed by atoms with Crippen LogP contribution < -0.4 is 11.1 Å². The molecule has 4 rings (SSSR count). The number of nitrogens with zero attached hydrogens (tertiary/aromatic N) is 1. The summed E-state index contributed by atoms with van der Waals surface area (Å²) < 4.78 is 11.9. The van der Waals surface area contributed by atoms with Gasteiger partial charge in [-0.2, -0.15) is 0 Å². The molecular formula is C35H59FN4O4. The fourth-order valence-corrected chi connectivity index (χ4v) is 6.36. The molecule has 1 saturated carbocycles. The maximum Gasteiger partial charge on any atom is 0.352 e. The molecule has 1 aromatic carbocycles. The van der Waals surface area contributed by atoms with E-state index < -0.39 is 12.6 Å². The number of nitrogens with two attached hydrogens (primary N) is 1. The van der Waals surface area contributed by atoms with Crippen LogP contribution in [-0.2, 0) is 16.0 Å². The number of aromatic carboxylic acids is 1. The molecule has 4 atom stereocenters. The molecule has 1 amide bonds. The van der Waals surface area contributed by atoms with Crippen molar-refractivity contribution in [3.05, 3.63) is 29.5 Å². The van der Waals surface area contributed by atoms with Crippen LogP contribution in [0.25, 0.3) is 10.9 Å². The maximum absolute atomic E-state index is 11.9. The summed E-state index contributed by atoms with van der Waals surface area (Å²) in [6.07, 6.45) is 14.4. The largest absolute Gasteiger partial charge is 0.477 e. The summed E-state index contributed by atoms with van der Waals surface area (Å²) in [6, 6.07) is 5.76. The minimum absolute atomic E-state index is 0.136. The Balaban J connectivity index is 0.000000327. The highest BCUT2D eigenvalue weighted by Crippen LogP contribution is 2.37. The average Bonchev–Trinajstić information content (AvgIpc) is 3.60. The Labute approximate surface area is 264 Å². The Bertz CT molecular complexity index is 1100. The third kappa shape index (κ3) is 12.3. The molecule has 2 aliphatic rings. The first-order valence-electron chi connectivity index (χ1n) is 16.8. The van der Waals surface area contributed by atoms with Gasteiger partial charge in [-0.25, -0.2) is 9.18 Å². The minimum Gasteiger partial charge on any atom is -0.477 e. The summed E-state index contributed by atoms with van der Waals surface area (Å²) in [5.74, 6) is 1.25. The number of aromatic nitrogens is 1. The number of nitrogens with one attached hydrogen (secondary N) is 2. The summed E-state index contributed by atoms with van der Waals surface area (Å²) >= 11 is 0. The van der Waals surface area contributed by atoms with Gasteiger partial charge in [0, 0.05) is 34.6 Å². The van der Waals surface area contributed by atoms with Gasteiger partial charge in [0.25, 0.3) is 0 Å². The van der Waals surface area contributed by atoms with Crippen LogP contribution in [0.5, 0.6) is 0 Å². The van der Waals surface area contributed by atoms with E-state index in [9.17, 15) is 18.8 Å². The summed E-state index contributed by atoms with van der Waals surface area (Å²) in [5, 5.41) is 12.4. The van der Waals surface area contributed by atoms with Gasteiger partial charge in [-0.05, 0) is 88.2 Å². The van der Waals surface area contributed by atoms with E-state index in [4.69, 9.17) is 10.8 Å². The summed E-state index contributed by atoms with van der Waals surface area (Å²) in [4.78, 5) is 37.2.